The minimum atomic E-state index is -0.631. The van der Waals surface area contributed by atoms with Crippen molar-refractivity contribution in [2.45, 2.75) is 39.0 Å². The van der Waals surface area contributed by atoms with Gasteiger partial charge in [-0.15, -0.1) is 0 Å². The Hall–Kier alpha value is -3.93. The summed E-state index contributed by atoms with van der Waals surface area (Å²) in [6.07, 6.45) is 1.40. The highest BCUT2D eigenvalue weighted by Gasteiger charge is 2.32. The summed E-state index contributed by atoms with van der Waals surface area (Å²) in [5, 5.41) is 10.1. The molecule has 1 amide bonds. The predicted octanol–water partition coefficient (Wildman–Crippen LogP) is 6.40. The number of hydrogen-bond donors (Lipinski definition) is 1. The maximum absolute atomic E-state index is 14.3. The third-order valence-corrected chi connectivity index (χ3v) is 7.31. The lowest BCUT2D eigenvalue weighted by Gasteiger charge is -2.26. The molecule has 0 saturated carbocycles. The van der Waals surface area contributed by atoms with E-state index in [1.807, 2.05) is 77.7 Å². The molecular weight excluding hydrogens is 508 g/mol. The highest BCUT2D eigenvalue weighted by Crippen LogP contribution is 2.33. The number of aliphatic hydroxyl groups is 1. The second-order valence-corrected chi connectivity index (χ2v) is 10.1. The summed E-state index contributed by atoms with van der Waals surface area (Å²) >= 11 is 6.50. The summed E-state index contributed by atoms with van der Waals surface area (Å²) in [5.41, 5.74) is 7.21. The van der Waals surface area contributed by atoms with Gasteiger partial charge in [0.05, 0.1) is 31.7 Å². The zero-order valence-electron chi connectivity index (χ0n) is 22.1. The Morgan fingerprint density at radius 2 is 1.62 bits per heavy atom. The standard InChI is InChI=1S/C33H31ClN2O3/c1-3-22-5-4-6-25(17-22)18-30-33(38)36(20-23-9-14-28(39-2)15-10-23)31-16-13-27(34)19-29(31)32(35-30)26-11-7-24(21-37)8-12-26/h4-17,19,30,37H,3,18,20-21H2,1-2H3. The Morgan fingerprint density at radius 1 is 0.897 bits per heavy atom. The second kappa shape index (κ2) is 11.9. The number of nitrogens with zero attached hydrogens (tertiary/aromatic N) is 2. The van der Waals surface area contributed by atoms with Crippen LogP contribution in [0.4, 0.5) is 5.69 Å². The number of hydrogen-bond acceptors (Lipinski definition) is 4. The van der Waals surface area contributed by atoms with Crippen LogP contribution in [0.5, 0.6) is 5.75 Å². The zero-order valence-corrected chi connectivity index (χ0v) is 22.9. The number of halogens is 1. The fraction of sp³-hybridized carbons (Fsp3) is 0.212. The van der Waals surface area contributed by atoms with E-state index in [0.29, 0.717) is 23.7 Å². The molecular formula is C33H31ClN2O3. The fourth-order valence-electron chi connectivity index (χ4n) is 4.92. The van der Waals surface area contributed by atoms with Crippen molar-refractivity contribution < 1.29 is 14.6 Å². The molecule has 0 bridgehead atoms. The Labute approximate surface area is 234 Å². The van der Waals surface area contributed by atoms with Crippen molar-refractivity contribution in [3.63, 3.8) is 0 Å². The number of carbonyl (C=O) groups is 1. The maximum Gasteiger partial charge on any atom is 0.252 e. The molecule has 198 valence electrons. The molecule has 1 aliphatic heterocycles. The first-order valence-corrected chi connectivity index (χ1v) is 13.5. The van der Waals surface area contributed by atoms with Gasteiger partial charge in [0.15, 0.2) is 0 Å². The van der Waals surface area contributed by atoms with Crippen molar-refractivity contribution in [3.05, 3.63) is 129 Å². The molecule has 0 spiro atoms. The minimum Gasteiger partial charge on any atom is -0.497 e. The van der Waals surface area contributed by atoms with Crippen molar-refractivity contribution in [2.75, 3.05) is 12.0 Å². The van der Waals surface area contributed by atoms with Gasteiger partial charge in [-0.3, -0.25) is 9.79 Å². The summed E-state index contributed by atoms with van der Waals surface area (Å²) in [6.45, 7) is 2.47. The Kier molecular flexibility index (Phi) is 8.10. The molecule has 0 radical (unpaired) electrons. The van der Waals surface area contributed by atoms with Crippen molar-refractivity contribution in [1.82, 2.24) is 0 Å². The van der Waals surface area contributed by atoms with E-state index in [4.69, 9.17) is 21.3 Å². The first-order valence-electron chi connectivity index (χ1n) is 13.1. The monoisotopic (exact) mass is 538 g/mol. The summed E-state index contributed by atoms with van der Waals surface area (Å²) in [6, 6.07) is 28.7. The number of carbonyl (C=O) groups excluding carboxylic acids is 1. The number of benzene rings is 4. The number of fused-ring (bicyclic) bond motifs is 1. The molecule has 1 atom stereocenters. The van der Waals surface area contributed by atoms with Gasteiger partial charge >= 0.3 is 0 Å². The molecule has 4 aromatic rings. The van der Waals surface area contributed by atoms with Crippen molar-refractivity contribution >= 4 is 28.9 Å². The lowest BCUT2D eigenvalue weighted by molar-refractivity contribution is -0.119. The lowest BCUT2D eigenvalue weighted by atomic mass is 9.99. The fourth-order valence-corrected chi connectivity index (χ4v) is 5.09. The molecule has 1 aliphatic rings. The van der Waals surface area contributed by atoms with E-state index in [0.717, 1.165) is 45.7 Å². The van der Waals surface area contributed by atoms with Gasteiger partial charge < -0.3 is 14.7 Å². The SMILES string of the molecule is CCc1cccc(CC2N=C(c3ccc(CO)cc3)c3cc(Cl)ccc3N(Cc3ccc(OC)cc3)C2=O)c1. The van der Waals surface area contributed by atoms with E-state index < -0.39 is 6.04 Å². The Balaban J connectivity index is 1.64. The van der Waals surface area contributed by atoms with Gasteiger partial charge in [-0.2, -0.15) is 0 Å². The van der Waals surface area contributed by atoms with Gasteiger partial charge in [0.25, 0.3) is 5.91 Å². The molecule has 1 N–H and O–H groups in total. The summed E-state index contributed by atoms with van der Waals surface area (Å²) in [5.74, 6) is 0.692. The lowest BCUT2D eigenvalue weighted by Crippen LogP contribution is -2.38. The normalized spacial score (nSPS) is 15.0. The maximum atomic E-state index is 14.3. The third-order valence-electron chi connectivity index (χ3n) is 7.08. The van der Waals surface area contributed by atoms with Gasteiger partial charge in [0.2, 0.25) is 0 Å². The van der Waals surface area contributed by atoms with Gasteiger partial charge in [0.1, 0.15) is 11.8 Å². The van der Waals surface area contributed by atoms with Crippen LogP contribution in [-0.2, 0) is 30.8 Å². The highest BCUT2D eigenvalue weighted by molar-refractivity contribution is 6.32. The predicted molar refractivity (Wildman–Crippen MR) is 157 cm³/mol. The molecule has 0 fully saturated rings. The molecule has 0 saturated heterocycles. The zero-order chi connectivity index (χ0) is 27.4. The number of aryl methyl sites for hydroxylation is 1. The molecule has 39 heavy (non-hydrogen) atoms. The summed E-state index contributed by atoms with van der Waals surface area (Å²) in [4.78, 5) is 21.2. The van der Waals surface area contributed by atoms with Crippen LogP contribution in [0.1, 0.15) is 40.3 Å². The van der Waals surface area contributed by atoms with Crippen LogP contribution >= 0.6 is 11.6 Å². The largest absolute Gasteiger partial charge is 0.497 e. The van der Waals surface area contributed by atoms with Crippen LogP contribution in [0, 0.1) is 0 Å². The van der Waals surface area contributed by atoms with E-state index in [2.05, 4.69) is 25.1 Å². The van der Waals surface area contributed by atoms with Crippen molar-refractivity contribution in [3.8, 4) is 5.75 Å². The molecule has 4 aromatic carbocycles. The second-order valence-electron chi connectivity index (χ2n) is 9.66. The molecule has 0 aromatic heterocycles. The van der Waals surface area contributed by atoms with Gasteiger partial charge in [-0.1, -0.05) is 79.2 Å². The number of anilines is 1. The highest BCUT2D eigenvalue weighted by atomic mass is 35.5. The molecule has 1 heterocycles. The topological polar surface area (TPSA) is 62.1 Å². The van der Waals surface area contributed by atoms with Crippen molar-refractivity contribution in [2.24, 2.45) is 4.99 Å². The van der Waals surface area contributed by atoms with Gasteiger partial charge in [0, 0.05) is 22.6 Å². The molecule has 5 rings (SSSR count). The molecule has 6 heteroatoms. The first kappa shape index (κ1) is 26.7. The van der Waals surface area contributed by atoms with Gasteiger partial charge in [-0.05, 0) is 59.0 Å². The number of methoxy groups -OCH3 is 1. The van der Waals surface area contributed by atoms with E-state index in [1.54, 1.807) is 7.11 Å². The Morgan fingerprint density at radius 3 is 2.31 bits per heavy atom. The summed E-state index contributed by atoms with van der Waals surface area (Å²) in [7, 11) is 1.64. The molecule has 1 unspecified atom stereocenters. The smallest absolute Gasteiger partial charge is 0.252 e. The quantitative estimate of drug-likeness (QED) is 0.282. The van der Waals surface area contributed by atoms with Crippen LogP contribution in [0.2, 0.25) is 5.02 Å². The minimum absolute atomic E-state index is 0.0420. The Bertz CT molecular complexity index is 1500. The van der Waals surface area contributed by atoms with E-state index in [-0.39, 0.29) is 12.5 Å². The van der Waals surface area contributed by atoms with Crippen LogP contribution in [0.3, 0.4) is 0 Å². The number of aliphatic hydroxyl groups excluding tert-OH is 1. The van der Waals surface area contributed by atoms with Crippen LogP contribution < -0.4 is 9.64 Å². The van der Waals surface area contributed by atoms with E-state index in [9.17, 15) is 9.90 Å². The van der Waals surface area contributed by atoms with E-state index in [1.165, 1.54) is 5.56 Å². The van der Waals surface area contributed by atoms with E-state index >= 15 is 0 Å². The van der Waals surface area contributed by atoms with Gasteiger partial charge in [-0.25, -0.2) is 0 Å². The number of aliphatic imine (C=N–C) groups is 1. The number of benzodiazepines with no additional fused rings is 1. The number of rotatable bonds is 8. The average molecular weight is 539 g/mol. The van der Waals surface area contributed by atoms with Crippen LogP contribution in [0.25, 0.3) is 0 Å². The molecule has 0 aliphatic carbocycles. The van der Waals surface area contributed by atoms with Crippen molar-refractivity contribution in [1.29, 1.82) is 0 Å². The molecule has 5 nitrogen and oxygen atoms in total. The first-order chi connectivity index (χ1) is 19.0. The average Bonchev–Trinajstić information content (AvgIpc) is 3.08. The van der Waals surface area contributed by atoms with Crippen LogP contribution in [0.15, 0.2) is 96.0 Å². The number of ether oxygens (including phenoxy) is 1. The van der Waals surface area contributed by atoms with Crippen LogP contribution in [-0.4, -0.2) is 29.9 Å². The summed E-state index contributed by atoms with van der Waals surface area (Å²) < 4.78 is 5.32. The third kappa shape index (κ3) is 5.90. The number of amides is 1.